The fourth-order valence-electron chi connectivity index (χ4n) is 2.40. The third-order valence-corrected chi connectivity index (χ3v) is 3.94. The number of hydrogen-bond acceptors (Lipinski definition) is 4. The first-order chi connectivity index (χ1) is 12.0. The van der Waals surface area contributed by atoms with Crippen molar-refractivity contribution in [2.45, 2.75) is 0 Å². The van der Waals surface area contributed by atoms with E-state index in [0.717, 1.165) is 0 Å². The number of imidazole rings is 1. The molecular formula is C17H13Cl2N3O3. The Bertz CT molecular complexity index is 949. The Balaban J connectivity index is 2.06. The van der Waals surface area contributed by atoms with Gasteiger partial charge in [-0.1, -0.05) is 29.3 Å². The molecule has 3 rings (SSSR count). The van der Waals surface area contributed by atoms with Crippen LogP contribution in [0.15, 0.2) is 42.6 Å². The summed E-state index contributed by atoms with van der Waals surface area (Å²) in [6, 6.07) is 10.5. The van der Waals surface area contributed by atoms with E-state index in [4.69, 9.17) is 23.2 Å². The summed E-state index contributed by atoms with van der Waals surface area (Å²) in [7, 11) is 1.25. The molecule has 0 radical (unpaired) electrons. The zero-order chi connectivity index (χ0) is 18.0. The van der Waals surface area contributed by atoms with Gasteiger partial charge in [0.2, 0.25) is 5.82 Å². The first-order valence-corrected chi connectivity index (χ1v) is 8.03. The fraction of sp³-hybridized carbons (Fsp3) is 0.118. The lowest BCUT2D eigenvalue weighted by atomic mass is 10.1. The molecule has 0 fully saturated rings. The smallest absolute Gasteiger partial charge is 0.325 e. The number of ether oxygens (including phenoxy) is 1. The van der Waals surface area contributed by atoms with Crippen molar-refractivity contribution in [3.05, 3.63) is 58.5 Å². The second-order valence-corrected chi connectivity index (χ2v) is 6.03. The number of benzene rings is 1. The summed E-state index contributed by atoms with van der Waals surface area (Å²) < 4.78 is 6.15. The Morgan fingerprint density at radius 3 is 2.60 bits per heavy atom. The molecule has 128 valence electrons. The van der Waals surface area contributed by atoms with Crippen LogP contribution < -0.4 is 5.32 Å². The van der Waals surface area contributed by atoms with Gasteiger partial charge in [-0.2, -0.15) is 0 Å². The Morgan fingerprint density at radius 2 is 1.92 bits per heavy atom. The summed E-state index contributed by atoms with van der Waals surface area (Å²) in [5, 5.41) is 3.42. The molecule has 0 unspecified atom stereocenters. The van der Waals surface area contributed by atoms with Crippen LogP contribution in [0, 0.1) is 0 Å². The monoisotopic (exact) mass is 377 g/mol. The molecule has 3 aromatic rings. The number of rotatable bonds is 4. The number of methoxy groups -OCH3 is 1. The molecule has 0 aliphatic rings. The minimum absolute atomic E-state index is 0.144. The van der Waals surface area contributed by atoms with E-state index in [1.54, 1.807) is 34.9 Å². The molecule has 1 amide bonds. The number of pyridine rings is 1. The summed E-state index contributed by atoms with van der Waals surface area (Å²) in [4.78, 5) is 28.0. The van der Waals surface area contributed by atoms with E-state index < -0.39 is 11.9 Å². The van der Waals surface area contributed by atoms with Gasteiger partial charge in [0, 0.05) is 21.8 Å². The first-order valence-electron chi connectivity index (χ1n) is 7.28. The largest absolute Gasteiger partial charge is 0.468 e. The van der Waals surface area contributed by atoms with Crippen molar-refractivity contribution < 1.29 is 14.3 Å². The predicted octanol–water partition coefficient (Wildman–Crippen LogP) is 3.21. The molecule has 1 N–H and O–H groups in total. The Labute approximate surface area is 153 Å². The average Bonchev–Trinajstić information content (AvgIpc) is 2.98. The van der Waals surface area contributed by atoms with E-state index >= 15 is 0 Å². The van der Waals surface area contributed by atoms with Gasteiger partial charge < -0.3 is 10.1 Å². The molecule has 0 spiro atoms. The second-order valence-electron chi connectivity index (χ2n) is 5.16. The molecule has 2 aromatic heterocycles. The summed E-state index contributed by atoms with van der Waals surface area (Å²) in [5.74, 6) is -0.896. The zero-order valence-corrected chi connectivity index (χ0v) is 14.6. The number of fused-ring (bicyclic) bond motifs is 1. The van der Waals surface area contributed by atoms with Crippen LogP contribution in [-0.2, 0) is 9.53 Å². The highest BCUT2D eigenvalue weighted by Gasteiger charge is 2.19. The Hall–Kier alpha value is -2.57. The van der Waals surface area contributed by atoms with Gasteiger partial charge in [0.15, 0.2) is 0 Å². The van der Waals surface area contributed by atoms with Crippen molar-refractivity contribution in [2.24, 2.45) is 0 Å². The number of nitrogens with zero attached hydrogens (tertiary/aromatic N) is 2. The van der Waals surface area contributed by atoms with E-state index in [1.807, 2.05) is 12.1 Å². The molecule has 0 aliphatic carbocycles. The molecule has 0 bridgehead atoms. The van der Waals surface area contributed by atoms with E-state index in [9.17, 15) is 9.59 Å². The summed E-state index contributed by atoms with van der Waals surface area (Å²) in [6.45, 7) is -0.241. The van der Waals surface area contributed by atoms with Crippen molar-refractivity contribution in [1.29, 1.82) is 0 Å². The van der Waals surface area contributed by atoms with E-state index in [2.05, 4.69) is 15.0 Å². The predicted molar refractivity (Wildman–Crippen MR) is 95.0 cm³/mol. The number of nitrogens with one attached hydrogen (secondary N) is 1. The number of carbonyl (C=O) groups excluding carboxylic acids is 2. The summed E-state index contributed by atoms with van der Waals surface area (Å²) in [5.41, 5.74) is 1.96. The van der Waals surface area contributed by atoms with E-state index in [0.29, 0.717) is 26.8 Å². The number of amides is 1. The Morgan fingerprint density at radius 1 is 1.20 bits per heavy atom. The number of hydrogen-bond donors (Lipinski definition) is 1. The normalized spacial score (nSPS) is 10.7. The van der Waals surface area contributed by atoms with Crippen LogP contribution in [0.25, 0.3) is 16.8 Å². The molecule has 0 saturated carbocycles. The van der Waals surface area contributed by atoms with E-state index in [-0.39, 0.29) is 12.4 Å². The van der Waals surface area contributed by atoms with E-state index in [1.165, 1.54) is 7.11 Å². The van der Waals surface area contributed by atoms with Crippen LogP contribution in [0.1, 0.15) is 10.6 Å². The maximum Gasteiger partial charge on any atom is 0.325 e. The molecule has 25 heavy (non-hydrogen) atoms. The third-order valence-electron chi connectivity index (χ3n) is 3.51. The van der Waals surface area contributed by atoms with Crippen LogP contribution in [0.2, 0.25) is 10.0 Å². The highest BCUT2D eigenvalue weighted by atomic mass is 35.5. The van der Waals surface area contributed by atoms with Crippen molar-refractivity contribution in [3.8, 4) is 11.3 Å². The van der Waals surface area contributed by atoms with Gasteiger partial charge in [0.1, 0.15) is 6.54 Å². The van der Waals surface area contributed by atoms with Crippen LogP contribution >= 0.6 is 23.2 Å². The van der Waals surface area contributed by atoms with Gasteiger partial charge >= 0.3 is 5.97 Å². The van der Waals surface area contributed by atoms with Crippen molar-refractivity contribution in [2.75, 3.05) is 13.7 Å². The number of halogens is 2. The quantitative estimate of drug-likeness (QED) is 0.708. The average molecular weight is 378 g/mol. The molecule has 0 saturated heterocycles. The lowest BCUT2D eigenvalue weighted by Crippen LogP contribution is -2.31. The van der Waals surface area contributed by atoms with Crippen LogP contribution in [0.3, 0.4) is 0 Å². The SMILES string of the molecule is COC(=O)CNC(=O)c1nc(-c2cc(Cl)cc(Cl)c2)c2ccccn12. The molecule has 2 heterocycles. The highest BCUT2D eigenvalue weighted by molar-refractivity contribution is 6.35. The topological polar surface area (TPSA) is 72.7 Å². The van der Waals surface area contributed by atoms with Gasteiger partial charge in [-0.05, 0) is 30.3 Å². The summed E-state index contributed by atoms with van der Waals surface area (Å²) in [6.07, 6.45) is 1.71. The maximum absolute atomic E-state index is 12.4. The van der Waals surface area contributed by atoms with Crippen molar-refractivity contribution >= 4 is 40.6 Å². The number of esters is 1. The van der Waals surface area contributed by atoms with Crippen LogP contribution in [0.4, 0.5) is 0 Å². The van der Waals surface area contributed by atoms with Gasteiger partial charge in [-0.25, -0.2) is 4.98 Å². The molecular weight excluding hydrogens is 365 g/mol. The lowest BCUT2D eigenvalue weighted by molar-refractivity contribution is -0.139. The van der Waals surface area contributed by atoms with Crippen LogP contribution in [-0.4, -0.2) is 34.9 Å². The van der Waals surface area contributed by atoms with Gasteiger partial charge in [-0.3, -0.25) is 14.0 Å². The maximum atomic E-state index is 12.4. The second kappa shape index (κ2) is 7.13. The minimum atomic E-state index is -0.545. The molecule has 8 heteroatoms. The van der Waals surface area contributed by atoms with Gasteiger partial charge in [0.25, 0.3) is 5.91 Å². The van der Waals surface area contributed by atoms with Gasteiger partial charge in [0.05, 0.1) is 18.3 Å². The summed E-state index contributed by atoms with van der Waals surface area (Å²) >= 11 is 12.1. The number of aromatic nitrogens is 2. The lowest BCUT2D eigenvalue weighted by Gasteiger charge is -2.02. The van der Waals surface area contributed by atoms with Crippen LogP contribution in [0.5, 0.6) is 0 Å². The molecule has 1 aromatic carbocycles. The molecule has 0 atom stereocenters. The third kappa shape index (κ3) is 3.60. The zero-order valence-electron chi connectivity index (χ0n) is 13.1. The minimum Gasteiger partial charge on any atom is -0.468 e. The first kappa shape index (κ1) is 17.3. The number of carbonyl (C=O) groups is 2. The molecule has 6 nitrogen and oxygen atoms in total. The molecule has 0 aliphatic heterocycles. The Kier molecular flexibility index (Phi) is 4.92. The van der Waals surface area contributed by atoms with Crippen molar-refractivity contribution in [1.82, 2.24) is 14.7 Å². The van der Waals surface area contributed by atoms with Crippen molar-refractivity contribution in [3.63, 3.8) is 0 Å². The highest BCUT2D eigenvalue weighted by Crippen LogP contribution is 2.30. The fourth-order valence-corrected chi connectivity index (χ4v) is 2.93. The van der Waals surface area contributed by atoms with Gasteiger partial charge in [-0.15, -0.1) is 0 Å². The standard InChI is InChI=1S/C17H13Cl2N3O3/c1-25-14(23)9-20-17(24)16-21-15(13-4-2-3-5-22(13)16)10-6-11(18)8-12(19)7-10/h2-8H,9H2,1H3,(H,20,24).